The molecule has 4 heterocycles. The number of benzene rings is 3. The molecule has 0 saturated carbocycles. The van der Waals surface area contributed by atoms with Crippen molar-refractivity contribution < 1.29 is 22.7 Å². The molecular formula is C39H38Cl2F3N5O2. The van der Waals surface area contributed by atoms with E-state index in [1.54, 1.807) is 22.7 Å². The summed E-state index contributed by atoms with van der Waals surface area (Å²) in [6, 6.07) is 11.1. The maximum atomic E-state index is 14.9. The first-order valence-electron chi connectivity index (χ1n) is 16.8. The van der Waals surface area contributed by atoms with Crippen LogP contribution in [0.3, 0.4) is 0 Å². The van der Waals surface area contributed by atoms with Gasteiger partial charge in [-0.1, -0.05) is 29.3 Å². The summed E-state index contributed by atoms with van der Waals surface area (Å²) < 4.78 is 53.4. The number of hydrogen-bond donors (Lipinski definition) is 0. The molecule has 7 nitrogen and oxygen atoms in total. The second kappa shape index (κ2) is 12.7. The number of rotatable bonds is 7. The monoisotopic (exact) mass is 735 g/mol. The number of carbonyl (C=O) groups is 1. The van der Waals surface area contributed by atoms with Crippen LogP contribution in [0.5, 0.6) is 5.75 Å². The second-order valence-electron chi connectivity index (χ2n) is 13.6. The number of nitrogens with zero attached hydrogens (tertiary/aromatic N) is 5. The van der Waals surface area contributed by atoms with Crippen LogP contribution in [0, 0.1) is 27.7 Å². The lowest BCUT2D eigenvalue weighted by atomic mass is 9.98. The predicted octanol–water partition coefficient (Wildman–Crippen LogP) is 10.3. The van der Waals surface area contributed by atoms with Crippen molar-refractivity contribution in [2.45, 2.75) is 59.7 Å². The van der Waals surface area contributed by atoms with Crippen molar-refractivity contribution in [3.8, 4) is 16.9 Å². The Balaban J connectivity index is 1.38. The fraction of sp³-hybridized carbons (Fsp3) is 0.333. The highest BCUT2D eigenvalue weighted by molar-refractivity contribution is 6.35. The van der Waals surface area contributed by atoms with Crippen LogP contribution in [0.2, 0.25) is 10.0 Å². The Bertz CT molecular complexity index is 2360. The fourth-order valence-corrected chi connectivity index (χ4v) is 8.06. The van der Waals surface area contributed by atoms with Crippen LogP contribution in [0.1, 0.15) is 63.5 Å². The number of alkyl halides is 3. The summed E-state index contributed by atoms with van der Waals surface area (Å²) in [5.74, 6) is 0.440. The van der Waals surface area contributed by atoms with E-state index < -0.39 is 11.7 Å². The molecule has 6 aromatic rings. The third-order valence-corrected chi connectivity index (χ3v) is 11.1. The fourth-order valence-electron chi connectivity index (χ4n) is 7.70. The maximum Gasteiger partial charge on any atom is 0.416 e. The Kier molecular flexibility index (Phi) is 8.70. The molecule has 0 unspecified atom stereocenters. The molecule has 12 heteroatoms. The van der Waals surface area contributed by atoms with Gasteiger partial charge in [0.2, 0.25) is 0 Å². The lowest BCUT2D eigenvalue weighted by molar-refractivity contribution is -0.137. The molecule has 0 N–H and O–H groups in total. The Morgan fingerprint density at radius 2 is 1.67 bits per heavy atom. The van der Waals surface area contributed by atoms with Gasteiger partial charge >= 0.3 is 6.18 Å². The first-order valence-corrected chi connectivity index (χ1v) is 17.6. The molecule has 1 atom stereocenters. The van der Waals surface area contributed by atoms with Gasteiger partial charge in [-0.25, -0.2) is 0 Å². The zero-order valence-electron chi connectivity index (χ0n) is 29.5. The Hall–Kier alpha value is -4.41. The van der Waals surface area contributed by atoms with Gasteiger partial charge in [0.1, 0.15) is 11.4 Å². The summed E-state index contributed by atoms with van der Waals surface area (Å²) in [5.41, 5.74) is 7.79. The first-order chi connectivity index (χ1) is 24.1. The van der Waals surface area contributed by atoms with E-state index in [0.717, 1.165) is 68.0 Å². The van der Waals surface area contributed by atoms with Gasteiger partial charge in [-0.3, -0.25) is 9.48 Å². The van der Waals surface area contributed by atoms with E-state index in [-0.39, 0.29) is 18.5 Å². The molecule has 0 aliphatic carbocycles. The summed E-state index contributed by atoms with van der Waals surface area (Å²) >= 11 is 13.4. The number of fused-ring (bicyclic) bond motifs is 4. The number of anilines is 1. The van der Waals surface area contributed by atoms with Crippen LogP contribution in [0.25, 0.3) is 32.9 Å². The molecule has 0 bridgehead atoms. The maximum absolute atomic E-state index is 14.9. The molecule has 1 aliphatic heterocycles. The van der Waals surface area contributed by atoms with Crippen LogP contribution in [0.4, 0.5) is 18.9 Å². The van der Waals surface area contributed by atoms with Gasteiger partial charge in [-0.15, -0.1) is 0 Å². The minimum Gasteiger partial charge on any atom is -0.494 e. The average Bonchev–Trinajstić information content (AvgIpc) is 3.67. The molecule has 3 aromatic heterocycles. The van der Waals surface area contributed by atoms with Gasteiger partial charge in [0, 0.05) is 71.0 Å². The third-order valence-electron chi connectivity index (χ3n) is 10.2. The zero-order chi connectivity index (χ0) is 36.7. The molecule has 0 spiro atoms. The molecule has 0 fully saturated rings. The van der Waals surface area contributed by atoms with Crippen LogP contribution in [-0.2, 0) is 26.7 Å². The van der Waals surface area contributed by atoms with E-state index in [2.05, 4.69) is 9.67 Å². The van der Waals surface area contributed by atoms with Crippen molar-refractivity contribution in [2.24, 2.45) is 14.1 Å². The van der Waals surface area contributed by atoms with Crippen molar-refractivity contribution in [1.29, 1.82) is 0 Å². The molecule has 0 radical (unpaired) electrons. The van der Waals surface area contributed by atoms with Gasteiger partial charge in [0.25, 0.3) is 5.91 Å². The number of amides is 1. The molecule has 0 saturated heterocycles. The van der Waals surface area contributed by atoms with Gasteiger partial charge in [-0.05, 0) is 101 Å². The topological polar surface area (TPSA) is 57.2 Å². The molecule has 266 valence electrons. The Morgan fingerprint density at radius 1 is 0.961 bits per heavy atom. The first kappa shape index (κ1) is 35.0. The highest BCUT2D eigenvalue weighted by Crippen LogP contribution is 2.46. The van der Waals surface area contributed by atoms with Crippen LogP contribution >= 0.6 is 23.2 Å². The van der Waals surface area contributed by atoms with Gasteiger partial charge in [0.15, 0.2) is 0 Å². The van der Waals surface area contributed by atoms with E-state index in [1.807, 2.05) is 70.6 Å². The quantitative estimate of drug-likeness (QED) is 0.153. The Labute approximate surface area is 304 Å². The highest BCUT2D eigenvalue weighted by atomic mass is 35.5. The molecule has 7 rings (SSSR count). The van der Waals surface area contributed by atoms with Crippen LogP contribution in [-0.4, -0.2) is 38.0 Å². The van der Waals surface area contributed by atoms with Crippen molar-refractivity contribution in [3.05, 3.63) is 98.0 Å². The van der Waals surface area contributed by atoms with Crippen LogP contribution in [0.15, 0.2) is 48.7 Å². The number of aromatic nitrogens is 4. The van der Waals surface area contributed by atoms with E-state index in [0.29, 0.717) is 51.8 Å². The van der Waals surface area contributed by atoms with Gasteiger partial charge in [-0.2, -0.15) is 18.3 Å². The van der Waals surface area contributed by atoms with E-state index in [1.165, 1.54) is 6.07 Å². The van der Waals surface area contributed by atoms with Gasteiger partial charge < -0.3 is 18.8 Å². The lowest BCUT2D eigenvalue weighted by Gasteiger charge is -2.34. The smallest absolute Gasteiger partial charge is 0.416 e. The van der Waals surface area contributed by atoms with E-state index in [4.69, 9.17) is 27.9 Å². The predicted molar refractivity (Wildman–Crippen MR) is 198 cm³/mol. The summed E-state index contributed by atoms with van der Waals surface area (Å²) in [5, 5.41) is 7.18. The molecule has 51 heavy (non-hydrogen) atoms. The van der Waals surface area contributed by atoms with Crippen molar-refractivity contribution >= 4 is 56.6 Å². The summed E-state index contributed by atoms with van der Waals surface area (Å²) in [7, 11) is 3.66. The Morgan fingerprint density at radius 3 is 2.31 bits per heavy atom. The largest absolute Gasteiger partial charge is 0.494 e. The summed E-state index contributed by atoms with van der Waals surface area (Å²) in [6.07, 6.45) is -1.68. The van der Waals surface area contributed by atoms with E-state index in [9.17, 15) is 18.0 Å². The van der Waals surface area contributed by atoms with Crippen molar-refractivity contribution in [1.82, 2.24) is 18.9 Å². The minimum absolute atomic E-state index is 0.249. The molecule has 1 aliphatic rings. The molecule has 3 aromatic carbocycles. The van der Waals surface area contributed by atoms with E-state index >= 15 is 0 Å². The van der Waals surface area contributed by atoms with Gasteiger partial charge in [0.05, 0.1) is 34.1 Å². The summed E-state index contributed by atoms with van der Waals surface area (Å²) in [4.78, 5) is 16.5. The summed E-state index contributed by atoms with van der Waals surface area (Å²) in [6.45, 7) is 10.5. The number of aryl methyl sites for hydroxylation is 6. The SMILES string of the molecule is Cc1cc(OCCCc2c3n(c4c(-c5c(C)nn(C)c5C)c(Cl)ccc24)[C@H](C)CN(c2cn(C)c4ccc(C(F)(F)F)cc24)C3=O)cc(C)c1Cl. The minimum atomic E-state index is -4.52. The average molecular weight is 737 g/mol. The number of ether oxygens (including phenoxy) is 1. The standard InChI is InChI=1S/C39H38Cl2F3N5O2/c1-20-15-26(16-21(2)35(20)41)51-14-8-9-27-28-11-12-30(40)34(33-23(4)45-47(7)24(33)5)36(28)49-22(3)18-48(38(50)37(27)49)32-19-46(6)31-13-10-25(17-29(31)32)39(42,43)44/h10-13,15-17,19,22H,8-9,14,18H2,1-7H3/t22-/m1/s1. The van der Waals surface area contributed by atoms with Crippen molar-refractivity contribution in [3.63, 3.8) is 0 Å². The molecular weight excluding hydrogens is 698 g/mol. The normalized spacial score (nSPS) is 15.0. The number of hydrogen-bond acceptors (Lipinski definition) is 3. The lowest BCUT2D eigenvalue weighted by Crippen LogP contribution is -2.42. The second-order valence-corrected chi connectivity index (χ2v) is 14.4. The number of carbonyl (C=O) groups excluding carboxylic acids is 1. The highest BCUT2D eigenvalue weighted by Gasteiger charge is 2.38. The third kappa shape index (κ3) is 5.76. The number of halogens is 5. The zero-order valence-corrected chi connectivity index (χ0v) is 31.0. The van der Waals surface area contributed by atoms with Crippen molar-refractivity contribution in [2.75, 3.05) is 18.1 Å². The van der Waals surface area contributed by atoms with Crippen LogP contribution < -0.4 is 9.64 Å². The molecule has 1 amide bonds.